The Bertz CT molecular complexity index is 1220. The molecular weight excluding hydrogens is 478 g/mol. The normalized spacial score (nSPS) is 12.2. The molecule has 1 aromatic carbocycles. The van der Waals surface area contributed by atoms with Crippen LogP contribution in [0, 0.1) is 0 Å². The SMILES string of the molecule is CCS(=O)(=O)N(Cc1ncc(-c2nnc(C(F)F)o2)s1)c1ccc(C(=O)OC(C)(C)C)cc1. The standard InChI is InChI=1S/C20H22F2N4O5S2/c1-5-33(28,29)26(13-8-6-12(7-9-13)19(27)31-20(2,3)4)11-15-23-10-14(32-15)17-24-25-18(30-17)16(21)22/h6-10,16H,5,11H2,1-4H3. The number of aromatic nitrogens is 3. The molecule has 0 N–H and O–H groups in total. The molecule has 3 aromatic rings. The maximum absolute atomic E-state index is 12.8. The van der Waals surface area contributed by atoms with E-state index in [1.54, 1.807) is 20.8 Å². The average molecular weight is 501 g/mol. The molecule has 0 atom stereocenters. The summed E-state index contributed by atoms with van der Waals surface area (Å²) >= 11 is 1.04. The summed E-state index contributed by atoms with van der Waals surface area (Å²) in [6.07, 6.45) is -1.54. The zero-order valence-electron chi connectivity index (χ0n) is 18.3. The van der Waals surface area contributed by atoms with Crippen LogP contribution in [-0.2, 0) is 21.3 Å². The predicted molar refractivity (Wildman–Crippen MR) is 118 cm³/mol. The van der Waals surface area contributed by atoms with E-state index < -0.39 is 33.9 Å². The smallest absolute Gasteiger partial charge is 0.338 e. The van der Waals surface area contributed by atoms with Crippen LogP contribution in [0.4, 0.5) is 14.5 Å². The number of nitrogens with zero attached hydrogens (tertiary/aromatic N) is 4. The molecule has 0 bridgehead atoms. The second-order valence-corrected chi connectivity index (χ2v) is 11.1. The van der Waals surface area contributed by atoms with Crippen molar-refractivity contribution >= 4 is 33.0 Å². The minimum absolute atomic E-state index is 0.109. The van der Waals surface area contributed by atoms with Crippen molar-refractivity contribution in [1.82, 2.24) is 15.2 Å². The molecule has 2 aromatic heterocycles. The molecule has 0 unspecified atom stereocenters. The number of halogens is 2. The number of sulfonamides is 1. The second-order valence-electron chi connectivity index (χ2n) is 7.82. The largest absolute Gasteiger partial charge is 0.456 e. The fraction of sp³-hybridized carbons (Fsp3) is 0.400. The number of hydrogen-bond donors (Lipinski definition) is 0. The summed E-state index contributed by atoms with van der Waals surface area (Å²) in [6.45, 7) is 6.65. The van der Waals surface area contributed by atoms with E-state index in [1.165, 1.54) is 37.4 Å². The van der Waals surface area contributed by atoms with Gasteiger partial charge in [-0.2, -0.15) is 8.78 Å². The number of carbonyl (C=O) groups excluding carboxylic acids is 1. The highest BCUT2D eigenvalue weighted by Gasteiger charge is 2.25. The van der Waals surface area contributed by atoms with Crippen molar-refractivity contribution in [3.8, 4) is 10.8 Å². The molecule has 0 aliphatic heterocycles. The lowest BCUT2D eigenvalue weighted by molar-refractivity contribution is 0.00695. The van der Waals surface area contributed by atoms with Crippen molar-refractivity contribution in [2.24, 2.45) is 0 Å². The lowest BCUT2D eigenvalue weighted by Gasteiger charge is -2.23. The van der Waals surface area contributed by atoms with Crippen LogP contribution >= 0.6 is 11.3 Å². The molecule has 13 heteroatoms. The van der Waals surface area contributed by atoms with Gasteiger partial charge < -0.3 is 9.15 Å². The quantitative estimate of drug-likeness (QED) is 0.417. The van der Waals surface area contributed by atoms with Crippen LogP contribution in [0.5, 0.6) is 0 Å². The summed E-state index contributed by atoms with van der Waals surface area (Å²) in [6, 6.07) is 5.99. The number of hydrogen-bond acceptors (Lipinski definition) is 9. The molecule has 0 aliphatic rings. The number of thiazole rings is 1. The van der Waals surface area contributed by atoms with Gasteiger partial charge in [-0.3, -0.25) is 4.31 Å². The van der Waals surface area contributed by atoms with E-state index in [4.69, 9.17) is 9.15 Å². The third-order valence-corrected chi connectivity index (χ3v) is 6.87. The van der Waals surface area contributed by atoms with Gasteiger partial charge >= 0.3 is 12.4 Å². The minimum Gasteiger partial charge on any atom is -0.456 e. The third kappa shape index (κ3) is 6.11. The Balaban J connectivity index is 1.84. The Labute approximate surface area is 193 Å². The van der Waals surface area contributed by atoms with Gasteiger partial charge in [-0.05, 0) is 52.0 Å². The number of alkyl halides is 2. The highest BCUT2D eigenvalue weighted by Crippen LogP contribution is 2.30. The second kappa shape index (κ2) is 9.51. The van der Waals surface area contributed by atoms with Crippen molar-refractivity contribution in [2.75, 3.05) is 10.1 Å². The highest BCUT2D eigenvalue weighted by molar-refractivity contribution is 7.92. The Kier molecular flexibility index (Phi) is 7.12. The first kappa shape index (κ1) is 24.7. The number of benzene rings is 1. The maximum atomic E-state index is 12.8. The van der Waals surface area contributed by atoms with Gasteiger partial charge in [0.1, 0.15) is 15.5 Å². The monoisotopic (exact) mass is 500 g/mol. The molecule has 0 saturated carbocycles. The molecule has 33 heavy (non-hydrogen) atoms. The van der Waals surface area contributed by atoms with Gasteiger partial charge in [0, 0.05) is 0 Å². The van der Waals surface area contributed by atoms with Crippen molar-refractivity contribution in [3.05, 3.63) is 46.9 Å². The highest BCUT2D eigenvalue weighted by atomic mass is 32.2. The van der Waals surface area contributed by atoms with Gasteiger partial charge in [0.2, 0.25) is 10.0 Å². The topological polar surface area (TPSA) is 115 Å². The molecule has 2 heterocycles. The van der Waals surface area contributed by atoms with E-state index in [-0.39, 0.29) is 23.8 Å². The summed E-state index contributed by atoms with van der Waals surface area (Å²) in [4.78, 5) is 16.7. The maximum Gasteiger partial charge on any atom is 0.338 e. The van der Waals surface area contributed by atoms with Gasteiger partial charge in [0.15, 0.2) is 0 Å². The fourth-order valence-corrected chi connectivity index (χ4v) is 4.62. The van der Waals surface area contributed by atoms with Crippen LogP contribution in [-0.4, -0.2) is 40.9 Å². The molecule has 178 valence electrons. The molecule has 3 rings (SSSR count). The Morgan fingerprint density at radius 2 is 1.88 bits per heavy atom. The third-order valence-electron chi connectivity index (χ3n) is 4.16. The van der Waals surface area contributed by atoms with Gasteiger partial charge in [0.05, 0.1) is 29.7 Å². The molecule has 9 nitrogen and oxygen atoms in total. The molecule has 0 saturated heterocycles. The molecule has 0 aliphatic carbocycles. The molecule has 0 amide bonds. The number of anilines is 1. The summed E-state index contributed by atoms with van der Waals surface area (Å²) in [7, 11) is -3.70. The van der Waals surface area contributed by atoms with Crippen molar-refractivity contribution in [2.45, 2.75) is 46.3 Å². The Hall–Kier alpha value is -2.93. The number of ether oxygens (including phenoxy) is 1. The minimum atomic E-state index is -3.70. The van der Waals surface area contributed by atoms with E-state index in [0.717, 1.165) is 15.6 Å². The summed E-state index contributed by atoms with van der Waals surface area (Å²) in [5, 5.41) is 7.23. The molecular formula is C20H22F2N4O5S2. The lowest BCUT2D eigenvalue weighted by Crippen LogP contribution is -2.31. The van der Waals surface area contributed by atoms with Crippen LogP contribution in [0.2, 0.25) is 0 Å². The van der Waals surface area contributed by atoms with Crippen LogP contribution in [0.25, 0.3) is 10.8 Å². The number of rotatable bonds is 8. The van der Waals surface area contributed by atoms with Crippen molar-refractivity contribution < 1.29 is 31.1 Å². The fourth-order valence-electron chi connectivity index (χ4n) is 2.63. The van der Waals surface area contributed by atoms with E-state index in [2.05, 4.69) is 15.2 Å². The predicted octanol–water partition coefficient (Wildman–Crippen LogP) is 4.44. The first-order valence-electron chi connectivity index (χ1n) is 9.80. The molecule has 0 spiro atoms. The van der Waals surface area contributed by atoms with E-state index in [0.29, 0.717) is 15.6 Å². The van der Waals surface area contributed by atoms with Crippen molar-refractivity contribution in [1.29, 1.82) is 0 Å². The van der Waals surface area contributed by atoms with Gasteiger partial charge in [-0.15, -0.1) is 21.5 Å². The van der Waals surface area contributed by atoms with Gasteiger partial charge in [0.25, 0.3) is 11.8 Å². The lowest BCUT2D eigenvalue weighted by atomic mass is 10.1. The summed E-state index contributed by atoms with van der Waals surface area (Å²) in [5.41, 5.74) is -0.0476. The van der Waals surface area contributed by atoms with Gasteiger partial charge in [-0.25, -0.2) is 18.2 Å². The molecule has 0 radical (unpaired) electrons. The summed E-state index contributed by atoms with van der Waals surface area (Å²) < 4.78 is 62.3. The van der Waals surface area contributed by atoms with Crippen LogP contribution in [0.3, 0.4) is 0 Å². The van der Waals surface area contributed by atoms with Crippen LogP contribution in [0.15, 0.2) is 34.9 Å². The first-order chi connectivity index (χ1) is 15.4. The van der Waals surface area contributed by atoms with E-state index >= 15 is 0 Å². The van der Waals surface area contributed by atoms with Crippen molar-refractivity contribution in [3.63, 3.8) is 0 Å². The summed E-state index contributed by atoms with van der Waals surface area (Å²) in [5.74, 6) is -1.62. The number of carbonyl (C=O) groups is 1. The number of esters is 1. The average Bonchev–Trinajstić information content (AvgIpc) is 3.40. The zero-order valence-corrected chi connectivity index (χ0v) is 19.9. The Morgan fingerprint density at radius 1 is 1.21 bits per heavy atom. The van der Waals surface area contributed by atoms with Gasteiger partial charge in [-0.1, -0.05) is 0 Å². The van der Waals surface area contributed by atoms with Crippen LogP contribution < -0.4 is 4.31 Å². The zero-order chi connectivity index (χ0) is 24.4. The van der Waals surface area contributed by atoms with E-state index in [1.807, 2.05) is 0 Å². The van der Waals surface area contributed by atoms with Crippen LogP contribution in [0.1, 0.15) is 55.4 Å². The van der Waals surface area contributed by atoms with E-state index in [9.17, 15) is 22.0 Å². The Morgan fingerprint density at radius 3 is 2.42 bits per heavy atom. The molecule has 0 fully saturated rings. The first-order valence-corrected chi connectivity index (χ1v) is 12.2.